The smallest absolute Gasteiger partial charge is 0.244 e. The molecule has 0 fully saturated rings. The third kappa shape index (κ3) is 14.3. The van der Waals surface area contributed by atoms with E-state index in [0.29, 0.717) is 6.54 Å². The summed E-state index contributed by atoms with van der Waals surface area (Å²) in [6.45, 7) is 7.99. The van der Waals surface area contributed by atoms with Gasteiger partial charge in [-0.15, -0.1) is 0 Å². The van der Waals surface area contributed by atoms with Crippen LogP contribution < -0.4 is 10.6 Å². The zero-order valence-electron chi connectivity index (χ0n) is 15.9. The van der Waals surface area contributed by atoms with Crippen LogP contribution in [0.1, 0.15) is 90.9 Å². The Kier molecular flexibility index (Phi) is 15.6. The van der Waals surface area contributed by atoms with Crippen molar-refractivity contribution in [1.82, 2.24) is 10.6 Å². The minimum Gasteiger partial charge on any atom is -0.354 e. The number of carbonyl (C=O) groups is 2. The monoisotopic (exact) mass is 338 g/mol. The number of carbonyl (C=O) groups excluding carboxylic acids is 2. The summed E-state index contributed by atoms with van der Waals surface area (Å²) in [6, 6.07) is -0.507. The normalized spacial score (nSPS) is 11.8. The van der Waals surface area contributed by atoms with Gasteiger partial charge in [0.05, 0.1) is 0 Å². The van der Waals surface area contributed by atoms with Crippen molar-refractivity contribution >= 4 is 11.8 Å². The number of hydrogen-bond donors (Lipinski definition) is 2. The third-order valence-corrected chi connectivity index (χ3v) is 4.27. The predicted molar refractivity (Wildman–Crippen MR) is 102 cm³/mol. The molecule has 2 N–H and O–H groups in total. The molecule has 0 unspecified atom stereocenters. The Balaban J connectivity index is 3.31. The fourth-order valence-electron chi connectivity index (χ4n) is 2.67. The molecule has 0 saturated heterocycles. The highest BCUT2D eigenvalue weighted by Crippen LogP contribution is 2.11. The molecule has 0 aromatic carbocycles. The van der Waals surface area contributed by atoms with Crippen LogP contribution in [0.25, 0.3) is 0 Å². The summed E-state index contributed by atoms with van der Waals surface area (Å²) >= 11 is 0. The zero-order chi connectivity index (χ0) is 18.0. The molecule has 0 bridgehead atoms. The van der Waals surface area contributed by atoms with Crippen molar-refractivity contribution < 1.29 is 9.59 Å². The Morgan fingerprint density at radius 3 is 1.79 bits per heavy atom. The standard InChI is InChI=1S/C20H38N2O2/c1-4-6-7-8-9-10-11-12-13-14-15-16-17-21-20(24)18(3)22-19(23)5-2/h5,18H,2,4,6-17H2,1,3H3,(H,21,24)(H,22,23)/t18-/m0/s1. The van der Waals surface area contributed by atoms with E-state index >= 15 is 0 Å². The van der Waals surface area contributed by atoms with E-state index in [1.165, 1.54) is 70.3 Å². The molecule has 0 heterocycles. The number of unbranched alkanes of at least 4 members (excludes halogenated alkanes) is 11. The van der Waals surface area contributed by atoms with Crippen LogP contribution in [-0.4, -0.2) is 24.4 Å². The molecule has 0 aromatic heterocycles. The molecule has 4 heteroatoms. The van der Waals surface area contributed by atoms with Crippen LogP contribution in [0.15, 0.2) is 12.7 Å². The molecule has 0 aliphatic rings. The molecule has 0 aliphatic carbocycles. The highest BCUT2D eigenvalue weighted by molar-refractivity contribution is 5.92. The first-order valence-corrected chi connectivity index (χ1v) is 9.82. The lowest BCUT2D eigenvalue weighted by molar-refractivity contribution is -0.126. The van der Waals surface area contributed by atoms with Gasteiger partial charge in [-0.3, -0.25) is 9.59 Å². The molecule has 1 atom stereocenters. The van der Waals surface area contributed by atoms with E-state index in [0.717, 1.165) is 12.8 Å². The Morgan fingerprint density at radius 2 is 1.33 bits per heavy atom. The van der Waals surface area contributed by atoms with Crippen molar-refractivity contribution in [2.75, 3.05) is 6.54 Å². The largest absolute Gasteiger partial charge is 0.354 e. The molecule has 140 valence electrons. The number of nitrogens with one attached hydrogen (secondary N) is 2. The number of rotatable bonds is 16. The average Bonchev–Trinajstić information content (AvgIpc) is 2.58. The molecule has 0 saturated carbocycles. The van der Waals surface area contributed by atoms with Crippen molar-refractivity contribution in [2.24, 2.45) is 0 Å². The first kappa shape index (κ1) is 22.7. The van der Waals surface area contributed by atoms with E-state index in [2.05, 4.69) is 24.1 Å². The summed E-state index contributed by atoms with van der Waals surface area (Å²) in [5.41, 5.74) is 0. The van der Waals surface area contributed by atoms with E-state index in [9.17, 15) is 9.59 Å². The highest BCUT2D eigenvalue weighted by Gasteiger charge is 2.12. The topological polar surface area (TPSA) is 58.2 Å². The lowest BCUT2D eigenvalue weighted by Gasteiger charge is -2.12. The number of hydrogen-bond acceptors (Lipinski definition) is 2. The Morgan fingerprint density at radius 1 is 0.875 bits per heavy atom. The van der Waals surface area contributed by atoms with Gasteiger partial charge in [-0.1, -0.05) is 84.1 Å². The first-order chi connectivity index (χ1) is 11.6. The highest BCUT2D eigenvalue weighted by atomic mass is 16.2. The van der Waals surface area contributed by atoms with Gasteiger partial charge in [-0.2, -0.15) is 0 Å². The fraction of sp³-hybridized carbons (Fsp3) is 0.800. The van der Waals surface area contributed by atoms with Gasteiger partial charge < -0.3 is 10.6 Å². The van der Waals surface area contributed by atoms with Crippen molar-refractivity contribution in [3.63, 3.8) is 0 Å². The van der Waals surface area contributed by atoms with Crippen molar-refractivity contribution in [3.8, 4) is 0 Å². The third-order valence-electron chi connectivity index (χ3n) is 4.27. The zero-order valence-corrected chi connectivity index (χ0v) is 15.9. The Bertz CT molecular complexity index is 343. The van der Waals surface area contributed by atoms with Gasteiger partial charge in [0.2, 0.25) is 11.8 Å². The molecule has 4 nitrogen and oxygen atoms in total. The van der Waals surface area contributed by atoms with E-state index in [4.69, 9.17) is 0 Å². The van der Waals surface area contributed by atoms with E-state index in [1.54, 1.807) is 6.92 Å². The van der Waals surface area contributed by atoms with E-state index in [1.807, 2.05) is 0 Å². The maximum absolute atomic E-state index is 11.7. The first-order valence-electron chi connectivity index (χ1n) is 9.82. The minimum atomic E-state index is -0.507. The second-order valence-electron chi connectivity index (χ2n) is 6.61. The van der Waals surface area contributed by atoms with Crippen LogP contribution in [-0.2, 0) is 9.59 Å². The van der Waals surface area contributed by atoms with Crippen LogP contribution in [0.3, 0.4) is 0 Å². The van der Waals surface area contributed by atoms with Gasteiger partial charge in [-0.05, 0) is 19.4 Å². The van der Waals surface area contributed by atoms with Crippen molar-refractivity contribution in [1.29, 1.82) is 0 Å². The van der Waals surface area contributed by atoms with Gasteiger partial charge >= 0.3 is 0 Å². The van der Waals surface area contributed by atoms with E-state index < -0.39 is 6.04 Å². The maximum atomic E-state index is 11.7. The van der Waals surface area contributed by atoms with Gasteiger partial charge in [-0.25, -0.2) is 0 Å². The van der Waals surface area contributed by atoms with Crippen LogP contribution >= 0.6 is 0 Å². The van der Waals surface area contributed by atoms with E-state index in [-0.39, 0.29) is 11.8 Å². The van der Waals surface area contributed by atoms with Crippen LogP contribution in [0.2, 0.25) is 0 Å². The summed E-state index contributed by atoms with van der Waals surface area (Å²) in [5.74, 6) is -0.448. The maximum Gasteiger partial charge on any atom is 0.244 e. The lowest BCUT2D eigenvalue weighted by atomic mass is 10.1. The van der Waals surface area contributed by atoms with Crippen molar-refractivity contribution in [2.45, 2.75) is 96.9 Å². The second-order valence-corrected chi connectivity index (χ2v) is 6.61. The molecule has 24 heavy (non-hydrogen) atoms. The molecule has 2 amide bonds. The molecule has 0 aromatic rings. The SMILES string of the molecule is C=CC(=O)N[C@@H](C)C(=O)NCCCCCCCCCCCCCC. The molecule has 0 aliphatic heterocycles. The van der Waals surface area contributed by atoms with Crippen LogP contribution in [0.4, 0.5) is 0 Å². The van der Waals surface area contributed by atoms with Gasteiger partial charge in [0.15, 0.2) is 0 Å². The van der Waals surface area contributed by atoms with Crippen molar-refractivity contribution in [3.05, 3.63) is 12.7 Å². The summed E-state index contributed by atoms with van der Waals surface area (Å²) in [4.78, 5) is 22.8. The summed E-state index contributed by atoms with van der Waals surface area (Å²) in [5, 5.41) is 5.42. The Labute approximate surface area is 148 Å². The molecular formula is C20H38N2O2. The van der Waals surface area contributed by atoms with Gasteiger partial charge in [0.1, 0.15) is 6.04 Å². The quantitative estimate of drug-likeness (QED) is 0.322. The molecule has 0 spiro atoms. The Hall–Kier alpha value is -1.32. The molecule has 0 radical (unpaired) electrons. The minimum absolute atomic E-state index is 0.131. The lowest BCUT2D eigenvalue weighted by Crippen LogP contribution is -2.44. The molecule has 0 rings (SSSR count). The second kappa shape index (κ2) is 16.5. The van der Waals surface area contributed by atoms with Crippen LogP contribution in [0.5, 0.6) is 0 Å². The van der Waals surface area contributed by atoms with Gasteiger partial charge in [0, 0.05) is 6.54 Å². The fourth-order valence-corrected chi connectivity index (χ4v) is 2.67. The summed E-state index contributed by atoms with van der Waals surface area (Å²) in [7, 11) is 0. The predicted octanol–water partition coefficient (Wildman–Crippen LogP) is 4.49. The van der Waals surface area contributed by atoms with Gasteiger partial charge in [0.25, 0.3) is 0 Å². The molecular weight excluding hydrogens is 300 g/mol. The number of amides is 2. The summed E-state index contributed by atoms with van der Waals surface area (Å²) < 4.78 is 0. The van der Waals surface area contributed by atoms with Crippen LogP contribution in [0, 0.1) is 0 Å². The summed E-state index contributed by atoms with van der Waals surface area (Å²) in [6.07, 6.45) is 16.9. The average molecular weight is 339 g/mol.